The molecule has 1 fully saturated rings. The van der Waals surface area contributed by atoms with Gasteiger partial charge in [0.1, 0.15) is 5.82 Å². The number of halogens is 2. The molecule has 24 heavy (non-hydrogen) atoms. The molecule has 0 aliphatic carbocycles. The molecule has 4 rings (SSSR count). The van der Waals surface area contributed by atoms with Crippen molar-refractivity contribution in [2.24, 2.45) is 7.05 Å². The van der Waals surface area contributed by atoms with Gasteiger partial charge in [0.05, 0.1) is 15.4 Å². The Morgan fingerprint density at radius 2 is 1.88 bits per heavy atom. The van der Waals surface area contributed by atoms with Crippen molar-refractivity contribution in [2.75, 3.05) is 36.0 Å². The monoisotopic (exact) mass is 365 g/mol. The van der Waals surface area contributed by atoms with Crippen molar-refractivity contribution in [3.05, 3.63) is 34.7 Å². The van der Waals surface area contributed by atoms with Gasteiger partial charge in [-0.3, -0.25) is 0 Å². The lowest BCUT2D eigenvalue weighted by atomic mass is 10.2. The summed E-state index contributed by atoms with van der Waals surface area (Å²) >= 11 is 7.59. The van der Waals surface area contributed by atoms with Crippen LogP contribution in [0.3, 0.4) is 0 Å². The molecule has 0 saturated carbocycles. The van der Waals surface area contributed by atoms with Gasteiger partial charge in [-0.15, -0.1) is 0 Å². The second-order valence-corrected chi connectivity index (χ2v) is 7.32. The molecule has 2 aromatic heterocycles. The maximum atomic E-state index is 13.3. The zero-order chi connectivity index (χ0) is 16.8. The zero-order valence-electron chi connectivity index (χ0n) is 13.5. The van der Waals surface area contributed by atoms with E-state index in [4.69, 9.17) is 16.6 Å². The van der Waals surface area contributed by atoms with E-state index in [0.717, 1.165) is 53.0 Å². The van der Waals surface area contributed by atoms with Crippen molar-refractivity contribution in [1.29, 1.82) is 0 Å². The van der Waals surface area contributed by atoms with Crippen LogP contribution in [0.25, 0.3) is 10.3 Å². The number of thiazole rings is 1. The van der Waals surface area contributed by atoms with Crippen LogP contribution in [0.5, 0.6) is 0 Å². The molecule has 1 aliphatic rings. The Balaban J connectivity index is 1.50. The van der Waals surface area contributed by atoms with Gasteiger partial charge < -0.3 is 9.80 Å². The smallest absolute Gasteiger partial charge is 0.188 e. The van der Waals surface area contributed by atoms with Gasteiger partial charge in [-0.25, -0.2) is 14.1 Å². The first-order valence-electron chi connectivity index (χ1n) is 7.78. The number of anilines is 2. The maximum Gasteiger partial charge on any atom is 0.188 e. The fourth-order valence-corrected chi connectivity index (χ4v) is 4.31. The minimum atomic E-state index is -0.377. The van der Waals surface area contributed by atoms with Crippen molar-refractivity contribution < 1.29 is 4.39 Å². The van der Waals surface area contributed by atoms with Crippen LogP contribution >= 0.6 is 22.9 Å². The molecule has 1 aliphatic heterocycles. The molecule has 0 atom stereocenters. The number of nitrogens with zero attached hydrogens (tertiary/aromatic N) is 5. The molecule has 1 saturated heterocycles. The molecule has 8 heteroatoms. The summed E-state index contributed by atoms with van der Waals surface area (Å²) in [6.07, 6.45) is 0. The lowest BCUT2D eigenvalue weighted by Gasteiger charge is -2.36. The van der Waals surface area contributed by atoms with Gasteiger partial charge in [-0.1, -0.05) is 22.9 Å². The first-order valence-corrected chi connectivity index (χ1v) is 8.97. The minimum absolute atomic E-state index is 0.170. The SMILES string of the molecule is Cc1nn(C)c2nc(N3CCN(c4ccc(F)c(Cl)c4)CC3)sc12. The van der Waals surface area contributed by atoms with Crippen LogP contribution in [0.1, 0.15) is 5.69 Å². The average molecular weight is 366 g/mol. The highest BCUT2D eigenvalue weighted by atomic mass is 35.5. The third-order valence-electron chi connectivity index (χ3n) is 4.35. The van der Waals surface area contributed by atoms with Gasteiger partial charge in [0.25, 0.3) is 0 Å². The topological polar surface area (TPSA) is 37.2 Å². The summed E-state index contributed by atoms with van der Waals surface area (Å²) in [7, 11) is 1.93. The van der Waals surface area contributed by atoms with Gasteiger partial charge in [0, 0.05) is 38.9 Å². The minimum Gasteiger partial charge on any atom is -0.368 e. The highest BCUT2D eigenvalue weighted by molar-refractivity contribution is 7.22. The predicted molar refractivity (Wildman–Crippen MR) is 97.0 cm³/mol. The molecular weight excluding hydrogens is 349 g/mol. The summed E-state index contributed by atoms with van der Waals surface area (Å²) in [5.74, 6) is -0.377. The van der Waals surface area contributed by atoms with Gasteiger partial charge in [0.15, 0.2) is 10.8 Å². The largest absolute Gasteiger partial charge is 0.368 e. The number of rotatable bonds is 2. The third-order valence-corrected chi connectivity index (χ3v) is 5.86. The van der Waals surface area contributed by atoms with Crippen LogP contribution in [0.2, 0.25) is 5.02 Å². The summed E-state index contributed by atoms with van der Waals surface area (Å²) in [5.41, 5.74) is 2.93. The normalized spacial score (nSPS) is 15.5. The van der Waals surface area contributed by atoms with E-state index in [2.05, 4.69) is 14.9 Å². The van der Waals surface area contributed by atoms with E-state index in [1.165, 1.54) is 6.07 Å². The molecule has 0 bridgehead atoms. The summed E-state index contributed by atoms with van der Waals surface area (Å²) in [6.45, 7) is 5.48. The Bertz CT molecular complexity index is 863. The summed E-state index contributed by atoms with van der Waals surface area (Å²) in [4.78, 5) is 9.26. The number of benzene rings is 1. The summed E-state index contributed by atoms with van der Waals surface area (Å²) < 4.78 is 16.3. The van der Waals surface area contributed by atoms with Gasteiger partial charge >= 0.3 is 0 Å². The van der Waals surface area contributed by atoms with Gasteiger partial charge in [0.2, 0.25) is 0 Å². The highest BCUT2D eigenvalue weighted by Crippen LogP contribution is 2.32. The average Bonchev–Trinajstić information content (AvgIpc) is 3.12. The first-order chi connectivity index (χ1) is 11.5. The Morgan fingerprint density at radius 3 is 2.54 bits per heavy atom. The van der Waals surface area contributed by atoms with Crippen molar-refractivity contribution in [1.82, 2.24) is 14.8 Å². The van der Waals surface area contributed by atoms with Crippen LogP contribution in [-0.4, -0.2) is 40.9 Å². The maximum absolute atomic E-state index is 13.3. The molecule has 5 nitrogen and oxygen atoms in total. The van der Waals surface area contributed by atoms with Crippen molar-refractivity contribution in [3.8, 4) is 0 Å². The Morgan fingerprint density at radius 1 is 1.17 bits per heavy atom. The summed E-state index contributed by atoms with van der Waals surface area (Å²) in [6, 6.07) is 4.90. The standard InChI is InChI=1S/C16H17ClFN5S/c1-10-14-15(21(2)20-10)19-16(24-14)23-7-5-22(6-8-23)11-3-4-13(18)12(17)9-11/h3-4,9H,5-8H2,1-2H3. The van der Waals surface area contributed by atoms with E-state index in [-0.39, 0.29) is 10.8 Å². The molecule has 0 unspecified atom stereocenters. The van der Waals surface area contributed by atoms with Gasteiger partial charge in [-0.2, -0.15) is 5.10 Å². The van der Waals surface area contributed by atoms with Crippen LogP contribution in [0.15, 0.2) is 18.2 Å². The van der Waals surface area contributed by atoms with Crippen LogP contribution in [0, 0.1) is 12.7 Å². The number of aryl methyl sites for hydroxylation is 2. The van der Waals surface area contributed by atoms with E-state index >= 15 is 0 Å². The van der Waals surface area contributed by atoms with Crippen LogP contribution in [-0.2, 0) is 7.05 Å². The Labute approximate surface area is 148 Å². The number of aromatic nitrogens is 3. The van der Waals surface area contributed by atoms with E-state index in [0.29, 0.717) is 0 Å². The predicted octanol–water partition coefficient (Wildman–Crippen LogP) is 3.46. The second kappa shape index (κ2) is 5.89. The quantitative estimate of drug-likeness (QED) is 0.697. The molecule has 0 radical (unpaired) electrons. The second-order valence-electron chi connectivity index (χ2n) is 5.93. The van der Waals surface area contributed by atoms with E-state index in [9.17, 15) is 4.39 Å². The third kappa shape index (κ3) is 2.61. The van der Waals surface area contributed by atoms with Crippen LogP contribution < -0.4 is 9.80 Å². The molecule has 0 spiro atoms. The van der Waals surface area contributed by atoms with Crippen LogP contribution in [0.4, 0.5) is 15.2 Å². The van der Waals surface area contributed by atoms with Crippen molar-refractivity contribution >= 4 is 44.1 Å². The first kappa shape index (κ1) is 15.7. The van der Waals surface area contributed by atoms with Gasteiger partial charge in [-0.05, 0) is 25.1 Å². The van der Waals surface area contributed by atoms with Crippen molar-refractivity contribution in [2.45, 2.75) is 6.92 Å². The number of piperazine rings is 1. The molecule has 0 N–H and O–H groups in total. The molecular formula is C16H17ClFN5S. The molecule has 0 amide bonds. The molecule has 3 aromatic rings. The Hall–Kier alpha value is -1.86. The van der Waals surface area contributed by atoms with Crippen molar-refractivity contribution in [3.63, 3.8) is 0 Å². The molecule has 3 heterocycles. The lowest BCUT2D eigenvalue weighted by Crippen LogP contribution is -2.46. The Kier molecular flexibility index (Phi) is 3.85. The number of hydrogen-bond acceptors (Lipinski definition) is 5. The van der Waals surface area contributed by atoms with E-state index in [1.807, 2.05) is 18.7 Å². The molecule has 126 valence electrons. The molecule has 1 aromatic carbocycles. The highest BCUT2D eigenvalue weighted by Gasteiger charge is 2.22. The summed E-state index contributed by atoms with van der Waals surface area (Å²) in [5, 5.41) is 5.61. The number of fused-ring (bicyclic) bond motifs is 1. The fourth-order valence-electron chi connectivity index (χ4n) is 3.05. The zero-order valence-corrected chi connectivity index (χ0v) is 15.0. The fraction of sp³-hybridized carbons (Fsp3) is 0.375. The van der Waals surface area contributed by atoms with E-state index < -0.39 is 0 Å². The van der Waals surface area contributed by atoms with E-state index in [1.54, 1.807) is 23.5 Å². The number of hydrogen-bond donors (Lipinski definition) is 0. The lowest BCUT2D eigenvalue weighted by molar-refractivity contribution is 0.625.